The van der Waals surface area contributed by atoms with Gasteiger partial charge < -0.3 is 25.0 Å². The summed E-state index contributed by atoms with van der Waals surface area (Å²) in [5, 5.41) is 11.8. The molecule has 3 amide bonds. The van der Waals surface area contributed by atoms with E-state index in [4.69, 9.17) is 9.84 Å². The summed E-state index contributed by atoms with van der Waals surface area (Å²) in [6, 6.07) is -0.114. The van der Waals surface area contributed by atoms with Crippen molar-refractivity contribution in [3.8, 4) is 0 Å². The third-order valence-electron chi connectivity index (χ3n) is 4.57. The predicted octanol–water partition coefficient (Wildman–Crippen LogP) is 0.766. The first-order valence-corrected chi connectivity index (χ1v) is 9.01. The minimum absolute atomic E-state index is 0.0000448. The van der Waals surface area contributed by atoms with Gasteiger partial charge in [0.1, 0.15) is 0 Å². The molecule has 0 aromatic carbocycles. The van der Waals surface area contributed by atoms with Gasteiger partial charge in [-0.05, 0) is 18.8 Å². The highest BCUT2D eigenvalue weighted by atomic mass is 16.5. The van der Waals surface area contributed by atoms with Crippen LogP contribution in [0.1, 0.15) is 33.1 Å². The number of urea groups is 1. The number of carboxylic acids is 1. The Labute approximate surface area is 148 Å². The van der Waals surface area contributed by atoms with E-state index in [9.17, 15) is 14.4 Å². The molecule has 2 aliphatic heterocycles. The highest BCUT2D eigenvalue weighted by molar-refractivity contribution is 5.81. The second-order valence-corrected chi connectivity index (χ2v) is 7.24. The zero-order valence-corrected chi connectivity index (χ0v) is 15.1. The molecule has 0 spiro atoms. The molecular weight excluding hydrogens is 326 g/mol. The van der Waals surface area contributed by atoms with Gasteiger partial charge in [0, 0.05) is 32.7 Å². The highest BCUT2D eigenvalue weighted by Gasteiger charge is 2.34. The third-order valence-corrected chi connectivity index (χ3v) is 4.57. The van der Waals surface area contributed by atoms with Crippen LogP contribution in [0.5, 0.6) is 0 Å². The molecule has 2 heterocycles. The van der Waals surface area contributed by atoms with Crippen LogP contribution in [-0.4, -0.2) is 78.2 Å². The number of morpholine rings is 1. The summed E-state index contributed by atoms with van der Waals surface area (Å²) >= 11 is 0. The quantitative estimate of drug-likeness (QED) is 0.759. The normalized spacial score (nSPS) is 24.3. The van der Waals surface area contributed by atoms with Crippen LogP contribution in [0.2, 0.25) is 0 Å². The van der Waals surface area contributed by atoms with Gasteiger partial charge in [-0.2, -0.15) is 0 Å². The molecule has 2 atom stereocenters. The summed E-state index contributed by atoms with van der Waals surface area (Å²) < 4.78 is 5.42. The smallest absolute Gasteiger partial charge is 0.317 e. The number of aliphatic carboxylic acids is 1. The van der Waals surface area contributed by atoms with E-state index in [-0.39, 0.29) is 24.3 Å². The lowest BCUT2D eigenvalue weighted by atomic mass is 9.96. The lowest BCUT2D eigenvalue weighted by Gasteiger charge is -2.38. The van der Waals surface area contributed by atoms with E-state index in [0.717, 1.165) is 12.8 Å². The predicted molar refractivity (Wildman–Crippen MR) is 91.1 cm³/mol. The summed E-state index contributed by atoms with van der Waals surface area (Å²) in [4.78, 5) is 39.3. The second kappa shape index (κ2) is 9.03. The van der Waals surface area contributed by atoms with Crippen LogP contribution in [0.15, 0.2) is 0 Å². The number of carbonyl (C=O) groups is 3. The number of hydrogen-bond acceptors (Lipinski definition) is 4. The summed E-state index contributed by atoms with van der Waals surface area (Å²) in [6.07, 6.45) is 1.00. The summed E-state index contributed by atoms with van der Waals surface area (Å²) in [6.45, 7) is 6.92. The maximum atomic E-state index is 12.8. The van der Waals surface area contributed by atoms with Crippen molar-refractivity contribution in [3.63, 3.8) is 0 Å². The van der Waals surface area contributed by atoms with Crippen molar-refractivity contribution in [1.29, 1.82) is 0 Å². The Bertz CT molecular complexity index is 497. The maximum Gasteiger partial charge on any atom is 0.317 e. The summed E-state index contributed by atoms with van der Waals surface area (Å²) in [7, 11) is 0. The number of rotatable bonds is 5. The van der Waals surface area contributed by atoms with Gasteiger partial charge in [-0.1, -0.05) is 13.8 Å². The van der Waals surface area contributed by atoms with Gasteiger partial charge in [0.15, 0.2) is 0 Å². The van der Waals surface area contributed by atoms with E-state index in [1.165, 1.54) is 0 Å². The van der Waals surface area contributed by atoms with Crippen molar-refractivity contribution in [1.82, 2.24) is 15.1 Å². The van der Waals surface area contributed by atoms with Crippen LogP contribution < -0.4 is 5.32 Å². The topological polar surface area (TPSA) is 99.2 Å². The van der Waals surface area contributed by atoms with Crippen LogP contribution in [0.25, 0.3) is 0 Å². The highest BCUT2D eigenvalue weighted by Crippen LogP contribution is 2.21. The van der Waals surface area contributed by atoms with Crippen LogP contribution in [-0.2, 0) is 14.3 Å². The molecule has 0 bridgehead atoms. The minimum atomic E-state index is -0.926. The SMILES string of the molecule is CC(C)CNC(=O)N1CCCC(C(=O)N2CCOC(CC(=O)O)C2)C1. The molecule has 2 N–H and O–H groups in total. The average molecular weight is 355 g/mol. The number of carbonyl (C=O) groups excluding carboxylic acids is 2. The van der Waals surface area contributed by atoms with E-state index in [2.05, 4.69) is 5.32 Å². The Morgan fingerprint density at radius 1 is 1.20 bits per heavy atom. The largest absolute Gasteiger partial charge is 0.481 e. The maximum absolute atomic E-state index is 12.8. The molecule has 0 radical (unpaired) electrons. The second-order valence-electron chi connectivity index (χ2n) is 7.24. The minimum Gasteiger partial charge on any atom is -0.481 e. The van der Waals surface area contributed by atoms with E-state index < -0.39 is 12.1 Å². The van der Waals surface area contributed by atoms with Crippen molar-refractivity contribution in [2.24, 2.45) is 11.8 Å². The molecule has 0 aromatic heterocycles. The first kappa shape index (κ1) is 19.5. The fourth-order valence-electron chi connectivity index (χ4n) is 3.26. The van der Waals surface area contributed by atoms with Gasteiger partial charge in [-0.25, -0.2) is 4.79 Å². The molecule has 8 heteroatoms. The van der Waals surface area contributed by atoms with E-state index in [1.807, 2.05) is 13.8 Å². The number of carboxylic acid groups (broad SMARTS) is 1. The van der Waals surface area contributed by atoms with Crippen LogP contribution in [0.3, 0.4) is 0 Å². The van der Waals surface area contributed by atoms with Crippen molar-refractivity contribution in [3.05, 3.63) is 0 Å². The molecule has 2 rings (SSSR count). The lowest BCUT2D eigenvalue weighted by Crippen LogP contribution is -2.53. The summed E-state index contributed by atoms with van der Waals surface area (Å²) in [5.41, 5.74) is 0. The molecule has 2 fully saturated rings. The number of ether oxygens (including phenoxy) is 1. The Morgan fingerprint density at radius 3 is 2.64 bits per heavy atom. The van der Waals surface area contributed by atoms with Gasteiger partial charge >= 0.3 is 12.0 Å². The van der Waals surface area contributed by atoms with Crippen LogP contribution in [0.4, 0.5) is 4.79 Å². The van der Waals surface area contributed by atoms with E-state index in [0.29, 0.717) is 45.2 Å². The van der Waals surface area contributed by atoms with Crippen molar-refractivity contribution >= 4 is 17.9 Å². The van der Waals surface area contributed by atoms with Gasteiger partial charge in [-0.3, -0.25) is 9.59 Å². The molecule has 8 nitrogen and oxygen atoms in total. The zero-order chi connectivity index (χ0) is 18.4. The Hall–Kier alpha value is -1.83. The number of likely N-dealkylation sites (tertiary alicyclic amines) is 1. The van der Waals surface area contributed by atoms with Gasteiger partial charge in [0.25, 0.3) is 0 Å². The number of amides is 3. The Morgan fingerprint density at radius 2 is 1.96 bits per heavy atom. The average Bonchev–Trinajstić information content (AvgIpc) is 2.58. The molecule has 2 unspecified atom stereocenters. The fourth-order valence-corrected chi connectivity index (χ4v) is 3.26. The third kappa shape index (κ3) is 5.88. The molecule has 2 saturated heterocycles. The molecule has 0 saturated carbocycles. The molecule has 142 valence electrons. The molecular formula is C17H29N3O5. The number of piperidine rings is 1. The van der Waals surface area contributed by atoms with E-state index >= 15 is 0 Å². The van der Waals surface area contributed by atoms with Crippen LogP contribution in [0, 0.1) is 11.8 Å². The Balaban J connectivity index is 1.88. The summed E-state index contributed by atoms with van der Waals surface area (Å²) in [5.74, 6) is -0.766. The van der Waals surface area contributed by atoms with Crippen LogP contribution >= 0.6 is 0 Å². The number of nitrogens with zero attached hydrogens (tertiary/aromatic N) is 2. The van der Waals surface area contributed by atoms with Crippen molar-refractivity contribution in [2.45, 2.75) is 39.2 Å². The standard InChI is InChI=1S/C17H29N3O5/c1-12(2)9-18-17(24)20-5-3-4-13(10-20)16(23)19-6-7-25-14(11-19)8-15(21)22/h12-14H,3-11H2,1-2H3,(H,18,24)(H,21,22). The number of hydrogen-bond donors (Lipinski definition) is 2. The molecule has 2 aliphatic rings. The molecule has 0 aromatic rings. The zero-order valence-electron chi connectivity index (χ0n) is 15.1. The molecule has 25 heavy (non-hydrogen) atoms. The monoisotopic (exact) mass is 355 g/mol. The van der Waals surface area contributed by atoms with Crippen molar-refractivity contribution < 1.29 is 24.2 Å². The van der Waals surface area contributed by atoms with Gasteiger partial charge in [0.05, 0.1) is 25.0 Å². The Kier molecular flexibility index (Phi) is 7.04. The molecule has 0 aliphatic carbocycles. The fraction of sp³-hybridized carbons (Fsp3) is 0.824. The van der Waals surface area contributed by atoms with E-state index in [1.54, 1.807) is 9.80 Å². The number of nitrogens with one attached hydrogen (secondary N) is 1. The van der Waals surface area contributed by atoms with Gasteiger partial charge in [0.2, 0.25) is 5.91 Å². The lowest BCUT2D eigenvalue weighted by molar-refractivity contribution is -0.150. The van der Waals surface area contributed by atoms with Crippen molar-refractivity contribution in [2.75, 3.05) is 39.3 Å². The van der Waals surface area contributed by atoms with Gasteiger partial charge in [-0.15, -0.1) is 0 Å². The first-order chi connectivity index (χ1) is 11.9. The first-order valence-electron chi connectivity index (χ1n) is 9.01.